The summed E-state index contributed by atoms with van der Waals surface area (Å²) >= 11 is 11.7. The van der Waals surface area contributed by atoms with Gasteiger partial charge in [-0.25, -0.2) is 0 Å². The van der Waals surface area contributed by atoms with E-state index in [2.05, 4.69) is 29.7 Å². The van der Waals surface area contributed by atoms with E-state index in [1.807, 2.05) is 48.5 Å². The number of rotatable bonds is 9. The molecule has 0 heterocycles. The highest BCUT2D eigenvalue weighted by molar-refractivity contribution is 7.80. The van der Waals surface area contributed by atoms with Crippen molar-refractivity contribution in [2.45, 2.75) is 13.8 Å². The molecule has 0 bridgehead atoms. The zero-order chi connectivity index (χ0) is 23.6. The van der Waals surface area contributed by atoms with E-state index >= 15 is 0 Å². The minimum Gasteiger partial charge on any atom is -0.493 e. The number of hydrogen-bond donors (Lipinski definition) is 2. The third kappa shape index (κ3) is 7.37. The van der Waals surface area contributed by atoms with Gasteiger partial charge in [-0.2, -0.15) is 5.10 Å². The van der Waals surface area contributed by atoms with Gasteiger partial charge in [-0.15, -0.1) is 0 Å². The molecule has 3 aromatic rings. The van der Waals surface area contributed by atoms with Crippen molar-refractivity contribution in [1.82, 2.24) is 5.43 Å². The smallest absolute Gasteiger partial charge is 0.191 e. The number of thiocarbonyl (C=S) groups is 1. The Morgan fingerprint density at radius 2 is 1.76 bits per heavy atom. The molecule has 2 N–H and O–H groups in total. The van der Waals surface area contributed by atoms with Gasteiger partial charge in [-0.05, 0) is 79.2 Å². The number of anilines is 1. The molecule has 0 fully saturated rings. The predicted octanol–water partition coefficient (Wildman–Crippen LogP) is 5.74. The summed E-state index contributed by atoms with van der Waals surface area (Å²) in [5, 5.41) is 7.98. The lowest BCUT2D eigenvalue weighted by atomic mass is 10.1. The molecule has 0 aliphatic heterocycles. The van der Waals surface area contributed by atoms with E-state index in [-0.39, 0.29) is 0 Å². The molecule has 0 aliphatic rings. The van der Waals surface area contributed by atoms with Crippen LogP contribution in [0.5, 0.6) is 17.2 Å². The minimum atomic E-state index is 0.317. The highest BCUT2D eigenvalue weighted by Gasteiger charge is 2.12. The average molecular weight is 484 g/mol. The second-order valence-electron chi connectivity index (χ2n) is 7.17. The van der Waals surface area contributed by atoms with Crippen LogP contribution in [0.2, 0.25) is 5.02 Å². The highest BCUT2D eigenvalue weighted by atomic mass is 35.5. The average Bonchev–Trinajstić information content (AvgIpc) is 2.80. The summed E-state index contributed by atoms with van der Waals surface area (Å²) in [5.41, 5.74) is 6.78. The number of nitrogens with zero attached hydrogens (tertiary/aromatic N) is 1. The van der Waals surface area contributed by atoms with Crippen molar-refractivity contribution in [2.75, 3.05) is 25.6 Å². The van der Waals surface area contributed by atoms with Crippen LogP contribution in [0.25, 0.3) is 0 Å². The van der Waals surface area contributed by atoms with Crippen LogP contribution in [0, 0.1) is 13.8 Å². The van der Waals surface area contributed by atoms with Gasteiger partial charge in [-0.1, -0.05) is 35.9 Å². The van der Waals surface area contributed by atoms with Gasteiger partial charge in [0, 0.05) is 5.69 Å². The standard InChI is InChI=1S/C25H26ClN3O3S/c1-17-9-10-21(13-18(17)2)31-11-12-32-24-22(26)14-19(15-23(24)30-3)16-27-29-25(33)28-20-7-5-4-6-8-20/h4-10,13-16H,11-12H2,1-3H3,(H2,28,29,33). The third-order valence-electron chi connectivity index (χ3n) is 4.74. The van der Waals surface area contributed by atoms with Crippen LogP contribution in [-0.4, -0.2) is 31.7 Å². The van der Waals surface area contributed by atoms with E-state index in [9.17, 15) is 0 Å². The van der Waals surface area contributed by atoms with Gasteiger partial charge in [0.15, 0.2) is 16.6 Å². The highest BCUT2D eigenvalue weighted by Crippen LogP contribution is 2.36. The first-order valence-corrected chi connectivity index (χ1v) is 11.1. The monoisotopic (exact) mass is 483 g/mol. The molecule has 0 saturated carbocycles. The second kappa shape index (κ2) is 12.1. The molecule has 33 heavy (non-hydrogen) atoms. The Labute approximate surface area is 204 Å². The number of aryl methyl sites for hydroxylation is 2. The van der Waals surface area contributed by atoms with Gasteiger partial charge in [0.2, 0.25) is 0 Å². The number of ether oxygens (including phenoxy) is 3. The molecule has 0 unspecified atom stereocenters. The van der Waals surface area contributed by atoms with Crippen molar-refractivity contribution in [2.24, 2.45) is 5.10 Å². The van der Waals surface area contributed by atoms with Gasteiger partial charge in [0.05, 0.1) is 18.3 Å². The molecule has 0 aromatic heterocycles. The fourth-order valence-electron chi connectivity index (χ4n) is 2.91. The van der Waals surface area contributed by atoms with Crippen LogP contribution < -0.4 is 25.0 Å². The lowest BCUT2D eigenvalue weighted by Gasteiger charge is -2.14. The van der Waals surface area contributed by atoms with Crippen molar-refractivity contribution in [3.05, 3.63) is 82.4 Å². The summed E-state index contributed by atoms with van der Waals surface area (Å²) in [6.45, 7) is 4.81. The van der Waals surface area contributed by atoms with Crippen LogP contribution in [0.3, 0.4) is 0 Å². The molecule has 6 nitrogen and oxygen atoms in total. The van der Waals surface area contributed by atoms with Crippen molar-refractivity contribution >= 4 is 40.8 Å². The topological polar surface area (TPSA) is 64.1 Å². The zero-order valence-corrected chi connectivity index (χ0v) is 20.3. The van der Waals surface area contributed by atoms with Gasteiger partial charge >= 0.3 is 0 Å². The Morgan fingerprint density at radius 1 is 1.00 bits per heavy atom. The van der Waals surface area contributed by atoms with Crippen molar-refractivity contribution in [3.8, 4) is 17.2 Å². The van der Waals surface area contributed by atoms with Crippen molar-refractivity contribution in [1.29, 1.82) is 0 Å². The first kappa shape index (κ1) is 24.4. The Kier molecular flexibility index (Phi) is 8.92. The number of para-hydroxylation sites is 1. The quantitative estimate of drug-likeness (QED) is 0.175. The molecule has 8 heteroatoms. The first-order chi connectivity index (χ1) is 16.0. The maximum absolute atomic E-state index is 6.43. The maximum atomic E-state index is 6.43. The number of benzene rings is 3. The number of nitrogens with one attached hydrogen (secondary N) is 2. The molecule has 3 rings (SSSR count). The molecule has 0 spiro atoms. The molecular weight excluding hydrogens is 458 g/mol. The summed E-state index contributed by atoms with van der Waals surface area (Å²) in [6, 6.07) is 19.1. The summed E-state index contributed by atoms with van der Waals surface area (Å²) in [7, 11) is 1.56. The Morgan fingerprint density at radius 3 is 2.48 bits per heavy atom. The van der Waals surface area contributed by atoms with Crippen molar-refractivity contribution in [3.63, 3.8) is 0 Å². The Bertz CT molecular complexity index is 1120. The van der Waals surface area contributed by atoms with Crippen LogP contribution in [0.1, 0.15) is 16.7 Å². The number of methoxy groups -OCH3 is 1. The van der Waals surface area contributed by atoms with E-state index in [0.29, 0.717) is 34.8 Å². The van der Waals surface area contributed by atoms with Crippen LogP contribution >= 0.6 is 23.8 Å². The molecule has 0 amide bonds. The number of hydrogen-bond acceptors (Lipinski definition) is 5. The lowest BCUT2D eigenvalue weighted by Crippen LogP contribution is -2.23. The van der Waals surface area contributed by atoms with E-state index in [1.165, 1.54) is 11.1 Å². The largest absolute Gasteiger partial charge is 0.493 e. The number of halogens is 1. The fourth-order valence-corrected chi connectivity index (χ4v) is 3.35. The van der Waals surface area contributed by atoms with E-state index < -0.39 is 0 Å². The van der Waals surface area contributed by atoms with Gasteiger partial charge in [-0.3, -0.25) is 5.43 Å². The van der Waals surface area contributed by atoms with Crippen molar-refractivity contribution < 1.29 is 14.2 Å². The van der Waals surface area contributed by atoms with E-state index in [4.69, 9.17) is 38.0 Å². The van der Waals surface area contributed by atoms with E-state index in [0.717, 1.165) is 17.0 Å². The van der Waals surface area contributed by atoms with Crippen LogP contribution in [-0.2, 0) is 0 Å². The van der Waals surface area contributed by atoms with Crippen LogP contribution in [0.15, 0.2) is 65.8 Å². The summed E-state index contributed by atoms with van der Waals surface area (Å²) in [4.78, 5) is 0. The van der Waals surface area contributed by atoms with Gasteiger partial charge in [0.25, 0.3) is 0 Å². The summed E-state index contributed by atoms with van der Waals surface area (Å²) < 4.78 is 17.0. The molecule has 0 aliphatic carbocycles. The second-order valence-corrected chi connectivity index (χ2v) is 7.98. The molecular formula is C25H26ClN3O3S. The summed E-state index contributed by atoms with van der Waals surface area (Å²) in [6.07, 6.45) is 1.60. The molecule has 172 valence electrons. The molecule has 0 atom stereocenters. The first-order valence-electron chi connectivity index (χ1n) is 10.3. The van der Waals surface area contributed by atoms with Crippen LogP contribution in [0.4, 0.5) is 5.69 Å². The Balaban J connectivity index is 1.54. The molecule has 3 aromatic carbocycles. The zero-order valence-electron chi connectivity index (χ0n) is 18.7. The van der Waals surface area contributed by atoms with Gasteiger partial charge < -0.3 is 19.5 Å². The molecule has 0 saturated heterocycles. The van der Waals surface area contributed by atoms with E-state index in [1.54, 1.807) is 25.5 Å². The SMILES string of the molecule is COc1cc(C=NNC(=S)Nc2ccccc2)cc(Cl)c1OCCOc1ccc(C)c(C)c1. The summed E-state index contributed by atoms with van der Waals surface area (Å²) in [5.74, 6) is 1.76. The minimum absolute atomic E-state index is 0.317. The molecule has 0 radical (unpaired) electrons. The third-order valence-corrected chi connectivity index (χ3v) is 5.21. The fraction of sp³-hybridized carbons (Fsp3) is 0.200. The number of hydrazone groups is 1. The maximum Gasteiger partial charge on any atom is 0.191 e. The van der Waals surface area contributed by atoms with Gasteiger partial charge in [0.1, 0.15) is 19.0 Å². The lowest BCUT2D eigenvalue weighted by molar-refractivity contribution is 0.211. The normalized spacial score (nSPS) is 10.7. The Hall–Kier alpha value is -3.29. The predicted molar refractivity (Wildman–Crippen MR) is 138 cm³/mol.